The highest BCUT2D eigenvalue weighted by molar-refractivity contribution is 6.35. The van der Waals surface area contributed by atoms with Gasteiger partial charge in [-0.3, -0.25) is 4.79 Å². The molecule has 8 heteroatoms. The van der Waals surface area contributed by atoms with Crippen molar-refractivity contribution in [1.29, 1.82) is 0 Å². The summed E-state index contributed by atoms with van der Waals surface area (Å²) in [4.78, 5) is 23.3. The summed E-state index contributed by atoms with van der Waals surface area (Å²) in [6.45, 7) is 2.59. The lowest BCUT2D eigenvalue weighted by Gasteiger charge is -2.32. The van der Waals surface area contributed by atoms with Gasteiger partial charge in [0.25, 0.3) is 5.91 Å². The predicted molar refractivity (Wildman–Crippen MR) is 155 cm³/mol. The predicted octanol–water partition coefficient (Wildman–Crippen LogP) is 8.22. The van der Waals surface area contributed by atoms with Crippen LogP contribution in [0.1, 0.15) is 85.5 Å². The van der Waals surface area contributed by atoms with Gasteiger partial charge in [-0.15, -0.1) is 0 Å². The summed E-state index contributed by atoms with van der Waals surface area (Å²) in [5, 5.41) is 8.38. The second-order valence-electron chi connectivity index (χ2n) is 10.8. The molecule has 1 aromatic heterocycles. The van der Waals surface area contributed by atoms with Crippen LogP contribution in [0.3, 0.4) is 0 Å². The molecule has 2 N–H and O–H groups in total. The molecule has 2 aliphatic rings. The molecule has 2 aromatic carbocycles. The number of anilines is 1. The Kier molecular flexibility index (Phi) is 8.47. The minimum atomic E-state index is -0.379. The number of hydrogen-bond donors (Lipinski definition) is 2. The largest absolute Gasteiger partial charge is 0.351 e. The second-order valence-corrected chi connectivity index (χ2v) is 12.1. The third kappa shape index (κ3) is 5.95. The molecule has 5 nitrogen and oxygen atoms in total. The van der Waals surface area contributed by atoms with Gasteiger partial charge in [0.15, 0.2) is 0 Å². The van der Waals surface area contributed by atoms with E-state index < -0.39 is 0 Å². The van der Waals surface area contributed by atoms with E-state index in [4.69, 9.17) is 39.8 Å². The molecule has 0 atom stereocenters. The summed E-state index contributed by atoms with van der Waals surface area (Å²) in [5.74, 6) is 1.14. The van der Waals surface area contributed by atoms with Crippen LogP contribution >= 0.6 is 34.8 Å². The Morgan fingerprint density at radius 3 is 2.34 bits per heavy atom. The van der Waals surface area contributed by atoms with Crippen molar-refractivity contribution >= 4 is 46.7 Å². The summed E-state index contributed by atoms with van der Waals surface area (Å²) in [7, 11) is 0. The van der Waals surface area contributed by atoms with E-state index in [1.807, 2.05) is 18.2 Å². The summed E-state index contributed by atoms with van der Waals surface area (Å²) >= 11 is 18.6. The maximum absolute atomic E-state index is 13.6. The molecule has 0 aliphatic heterocycles. The number of amides is 1. The van der Waals surface area contributed by atoms with Crippen molar-refractivity contribution in [1.82, 2.24) is 15.3 Å². The molecule has 2 aliphatic carbocycles. The molecule has 200 valence electrons. The fourth-order valence-electron chi connectivity index (χ4n) is 5.91. The molecule has 0 radical (unpaired) electrons. The van der Waals surface area contributed by atoms with Crippen molar-refractivity contribution in [2.24, 2.45) is 5.92 Å². The zero-order valence-corrected chi connectivity index (χ0v) is 23.8. The quantitative estimate of drug-likeness (QED) is 0.300. The van der Waals surface area contributed by atoms with Crippen LogP contribution in [0.5, 0.6) is 0 Å². The number of hydrogen-bond acceptors (Lipinski definition) is 4. The smallest absolute Gasteiger partial charge is 0.255 e. The van der Waals surface area contributed by atoms with E-state index >= 15 is 0 Å². The van der Waals surface area contributed by atoms with Gasteiger partial charge in [0.1, 0.15) is 0 Å². The monoisotopic (exact) mass is 570 g/mol. The number of carbonyl (C=O) groups is 1. The van der Waals surface area contributed by atoms with Crippen LogP contribution in [0.2, 0.25) is 15.1 Å². The van der Waals surface area contributed by atoms with Gasteiger partial charge in [0, 0.05) is 39.3 Å². The minimum absolute atomic E-state index is 0.218. The van der Waals surface area contributed by atoms with Crippen LogP contribution in [0.25, 0.3) is 0 Å². The summed E-state index contributed by atoms with van der Waals surface area (Å²) in [5.41, 5.74) is 2.82. The normalized spacial score (nSPS) is 20.7. The second kappa shape index (κ2) is 11.8. The van der Waals surface area contributed by atoms with Crippen molar-refractivity contribution < 1.29 is 4.79 Å². The van der Waals surface area contributed by atoms with Gasteiger partial charge < -0.3 is 10.6 Å². The third-order valence-electron chi connectivity index (χ3n) is 8.14. The molecule has 0 spiro atoms. The van der Waals surface area contributed by atoms with Gasteiger partial charge in [0.05, 0.1) is 11.3 Å². The zero-order chi connectivity index (χ0) is 26.7. The van der Waals surface area contributed by atoms with Crippen molar-refractivity contribution in [3.8, 4) is 0 Å². The number of benzene rings is 2. The Hall–Kier alpha value is -2.34. The number of nitrogens with one attached hydrogen (secondary N) is 2. The number of rotatable bonds is 7. The Morgan fingerprint density at radius 2 is 1.66 bits per heavy atom. The molecule has 38 heavy (non-hydrogen) atoms. The minimum Gasteiger partial charge on any atom is -0.351 e. The first-order chi connectivity index (χ1) is 18.3. The van der Waals surface area contributed by atoms with Crippen molar-refractivity contribution in [2.75, 3.05) is 5.32 Å². The van der Waals surface area contributed by atoms with Crippen LogP contribution in [0.4, 0.5) is 5.95 Å². The van der Waals surface area contributed by atoms with E-state index in [1.54, 1.807) is 18.3 Å². The Balaban J connectivity index is 1.49. The van der Waals surface area contributed by atoms with E-state index in [-0.39, 0.29) is 17.9 Å². The SMILES string of the molecule is CC1CCC(Nc2ncc(C(=O)NCc3ccc(Cl)cc3Cl)c(C3(c4ccc(Cl)cc4)CCCC3)n2)CC1. The molecule has 1 amide bonds. The average molecular weight is 572 g/mol. The third-order valence-corrected chi connectivity index (χ3v) is 8.98. The van der Waals surface area contributed by atoms with E-state index in [2.05, 4.69) is 34.7 Å². The first-order valence-electron chi connectivity index (χ1n) is 13.5. The Bertz CT molecular complexity index is 1280. The highest BCUT2D eigenvalue weighted by atomic mass is 35.5. The van der Waals surface area contributed by atoms with E-state index in [0.717, 1.165) is 61.3 Å². The zero-order valence-electron chi connectivity index (χ0n) is 21.6. The van der Waals surface area contributed by atoms with Crippen LogP contribution < -0.4 is 10.6 Å². The van der Waals surface area contributed by atoms with Gasteiger partial charge in [-0.1, -0.05) is 72.8 Å². The van der Waals surface area contributed by atoms with E-state index in [9.17, 15) is 4.79 Å². The molecule has 0 saturated heterocycles. The van der Waals surface area contributed by atoms with Crippen molar-refractivity contribution in [2.45, 2.75) is 76.3 Å². The van der Waals surface area contributed by atoms with E-state index in [1.165, 1.54) is 12.8 Å². The number of halogens is 3. The fraction of sp³-hybridized carbons (Fsp3) is 0.433. The Labute approximate surface area is 239 Å². The summed E-state index contributed by atoms with van der Waals surface area (Å²) in [6, 6.07) is 13.6. The molecular formula is C30H33Cl3N4O. The highest BCUT2D eigenvalue weighted by Gasteiger charge is 2.42. The van der Waals surface area contributed by atoms with Gasteiger partial charge >= 0.3 is 0 Å². The van der Waals surface area contributed by atoms with Crippen molar-refractivity contribution in [3.05, 3.63) is 86.1 Å². The number of carbonyl (C=O) groups excluding carboxylic acids is 1. The first kappa shape index (κ1) is 27.2. The van der Waals surface area contributed by atoms with E-state index in [0.29, 0.717) is 32.6 Å². The lowest BCUT2D eigenvalue weighted by atomic mass is 9.74. The summed E-state index contributed by atoms with van der Waals surface area (Å²) < 4.78 is 0. The van der Waals surface area contributed by atoms with Crippen LogP contribution in [0, 0.1) is 5.92 Å². The van der Waals surface area contributed by atoms with Gasteiger partial charge in [0.2, 0.25) is 5.95 Å². The number of nitrogens with zero attached hydrogens (tertiary/aromatic N) is 2. The van der Waals surface area contributed by atoms with Gasteiger partial charge in [-0.05, 0) is 79.8 Å². The number of aromatic nitrogens is 2. The fourth-order valence-corrected chi connectivity index (χ4v) is 6.52. The maximum atomic E-state index is 13.6. The first-order valence-corrected chi connectivity index (χ1v) is 14.6. The van der Waals surface area contributed by atoms with Crippen LogP contribution in [-0.2, 0) is 12.0 Å². The molecule has 1 heterocycles. The van der Waals surface area contributed by atoms with Crippen LogP contribution in [-0.4, -0.2) is 21.9 Å². The molecule has 2 fully saturated rings. The molecular weight excluding hydrogens is 539 g/mol. The van der Waals surface area contributed by atoms with Crippen molar-refractivity contribution in [3.63, 3.8) is 0 Å². The topological polar surface area (TPSA) is 66.9 Å². The lowest BCUT2D eigenvalue weighted by Crippen LogP contribution is -2.33. The highest BCUT2D eigenvalue weighted by Crippen LogP contribution is 2.47. The lowest BCUT2D eigenvalue weighted by molar-refractivity contribution is 0.0947. The molecule has 5 rings (SSSR count). The van der Waals surface area contributed by atoms with Gasteiger partial charge in [-0.25, -0.2) is 9.97 Å². The standard InChI is InChI=1S/C30H33Cl3N4O/c1-19-4-12-24(13-5-19)36-29-35-18-25(28(38)34-17-20-6-9-23(32)16-26(20)33)27(37-29)30(14-2-3-15-30)21-7-10-22(31)11-8-21/h6-11,16,18-19,24H,2-5,12-15,17H2,1H3,(H,34,38)(H,35,36,37). The van der Waals surface area contributed by atoms with Crippen LogP contribution in [0.15, 0.2) is 48.7 Å². The molecule has 3 aromatic rings. The molecule has 2 saturated carbocycles. The van der Waals surface area contributed by atoms with Gasteiger partial charge in [-0.2, -0.15) is 0 Å². The average Bonchev–Trinajstić information content (AvgIpc) is 3.41. The Morgan fingerprint density at radius 1 is 0.974 bits per heavy atom. The molecule has 0 unspecified atom stereocenters. The summed E-state index contributed by atoms with van der Waals surface area (Å²) in [6.07, 6.45) is 10.3. The molecule has 0 bridgehead atoms. The maximum Gasteiger partial charge on any atom is 0.255 e.